The molecule has 0 radical (unpaired) electrons. The van der Waals surface area contributed by atoms with Gasteiger partial charge in [-0.05, 0) is 36.4 Å². The molecule has 1 N–H and O–H groups in total. The summed E-state index contributed by atoms with van der Waals surface area (Å²) in [4.78, 5) is 11.8. The maximum absolute atomic E-state index is 11.8. The zero-order valence-electron chi connectivity index (χ0n) is 10.5. The minimum atomic E-state index is -0.183. The van der Waals surface area contributed by atoms with Crippen LogP contribution in [0.15, 0.2) is 42.6 Å². The van der Waals surface area contributed by atoms with Gasteiger partial charge in [-0.1, -0.05) is 0 Å². The molecule has 1 aromatic carbocycles. The normalized spacial score (nSPS) is 9.68. The SMILES string of the molecule is COc1ccc(NC(=O)Cn2cccc2C#N)cc1. The molecule has 0 spiro atoms. The van der Waals surface area contributed by atoms with E-state index in [4.69, 9.17) is 10.00 Å². The second-order valence-corrected chi connectivity index (χ2v) is 3.91. The van der Waals surface area contributed by atoms with E-state index in [-0.39, 0.29) is 12.5 Å². The van der Waals surface area contributed by atoms with Crippen LogP contribution in [-0.2, 0) is 11.3 Å². The van der Waals surface area contributed by atoms with E-state index in [1.807, 2.05) is 6.07 Å². The molecule has 1 aromatic heterocycles. The Morgan fingerprint density at radius 3 is 2.74 bits per heavy atom. The summed E-state index contributed by atoms with van der Waals surface area (Å²) >= 11 is 0. The van der Waals surface area contributed by atoms with Crippen molar-refractivity contribution in [3.05, 3.63) is 48.3 Å². The molecule has 0 saturated heterocycles. The van der Waals surface area contributed by atoms with E-state index in [1.165, 1.54) is 0 Å². The summed E-state index contributed by atoms with van der Waals surface area (Å²) in [5.74, 6) is 0.549. The van der Waals surface area contributed by atoms with Crippen molar-refractivity contribution >= 4 is 11.6 Å². The van der Waals surface area contributed by atoms with Crippen molar-refractivity contribution in [3.8, 4) is 11.8 Å². The second-order valence-electron chi connectivity index (χ2n) is 3.91. The molecule has 0 atom stereocenters. The van der Waals surface area contributed by atoms with Crippen molar-refractivity contribution in [2.45, 2.75) is 6.54 Å². The highest BCUT2D eigenvalue weighted by Crippen LogP contribution is 2.15. The first-order chi connectivity index (χ1) is 9.22. The Balaban J connectivity index is 1.99. The first-order valence-electron chi connectivity index (χ1n) is 5.72. The summed E-state index contributed by atoms with van der Waals surface area (Å²) in [5, 5.41) is 11.6. The number of ether oxygens (including phenoxy) is 1. The van der Waals surface area contributed by atoms with E-state index < -0.39 is 0 Å². The predicted molar refractivity (Wildman–Crippen MR) is 70.8 cm³/mol. The Morgan fingerprint density at radius 1 is 1.37 bits per heavy atom. The van der Waals surface area contributed by atoms with Crippen LogP contribution >= 0.6 is 0 Å². The molecule has 0 saturated carbocycles. The van der Waals surface area contributed by atoms with E-state index in [1.54, 1.807) is 54.3 Å². The predicted octanol–water partition coefficient (Wildman–Crippen LogP) is 2.01. The third-order valence-corrected chi connectivity index (χ3v) is 2.63. The Labute approximate surface area is 111 Å². The van der Waals surface area contributed by atoms with E-state index >= 15 is 0 Å². The molecule has 1 heterocycles. The highest BCUT2D eigenvalue weighted by Gasteiger charge is 2.06. The molecule has 0 aliphatic heterocycles. The molecule has 2 rings (SSSR count). The van der Waals surface area contributed by atoms with Gasteiger partial charge in [-0.3, -0.25) is 4.79 Å². The number of rotatable bonds is 4. The van der Waals surface area contributed by atoms with Gasteiger partial charge in [0.1, 0.15) is 24.1 Å². The van der Waals surface area contributed by atoms with Crippen molar-refractivity contribution in [3.63, 3.8) is 0 Å². The molecule has 1 amide bonds. The van der Waals surface area contributed by atoms with Crippen molar-refractivity contribution in [1.29, 1.82) is 5.26 Å². The number of carbonyl (C=O) groups is 1. The quantitative estimate of drug-likeness (QED) is 0.908. The number of methoxy groups -OCH3 is 1. The van der Waals surface area contributed by atoms with Gasteiger partial charge in [0.2, 0.25) is 5.91 Å². The van der Waals surface area contributed by atoms with E-state index in [0.29, 0.717) is 11.4 Å². The summed E-state index contributed by atoms with van der Waals surface area (Å²) in [6, 6.07) is 12.5. The van der Waals surface area contributed by atoms with Gasteiger partial charge in [-0.25, -0.2) is 0 Å². The molecule has 0 bridgehead atoms. The maximum atomic E-state index is 11.8. The molecule has 19 heavy (non-hydrogen) atoms. The highest BCUT2D eigenvalue weighted by molar-refractivity contribution is 5.90. The van der Waals surface area contributed by atoms with Crippen LogP contribution in [0.25, 0.3) is 0 Å². The van der Waals surface area contributed by atoms with Crippen molar-refractivity contribution in [1.82, 2.24) is 4.57 Å². The molecule has 0 aliphatic rings. The Kier molecular flexibility index (Phi) is 3.84. The molecule has 0 fully saturated rings. The fraction of sp³-hybridized carbons (Fsp3) is 0.143. The molecule has 0 aliphatic carbocycles. The number of aromatic nitrogens is 1. The largest absolute Gasteiger partial charge is 0.497 e. The lowest BCUT2D eigenvalue weighted by atomic mass is 10.3. The molecule has 5 nitrogen and oxygen atoms in total. The topological polar surface area (TPSA) is 67.0 Å². The highest BCUT2D eigenvalue weighted by atomic mass is 16.5. The minimum Gasteiger partial charge on any atom is -0.497 e. The van der Waals surface area contributed by atoms with Gasteiger partial charge in [0.05, 0.1) is 7.11 Å². The lowest BCUT2D eigenvalue weighted by Crippen LogP contribution is -2.18. The number of nitrogens with one attached hydrogen (secondary N) is 1. The van der Waals surface area contributed by atoms with Gasteiger partial charge in [0, 0.05) is 11.9 Å². The van der Waals surface area contributed by atoms with Crippen molar-refractivity contribution in [2.24, 2.45) is 0 Å². The van der Waals surface area contributed by atoms with Crippen molar-refractivity contribution in [2.75, 3.05) is 12.4 Å². The standard InChI is InChI=1S/C14H13N3O2/c1-19-13-6-4-11(5-7-13)16-14(18)10-17-8-2-3-12(17)9-15/h2-8H,10H2,1H3,(H,16,18). The third-order valence-electron chi connectivity index (χ3n) is 2.63. The van der Waals surface area contributed by atoms with Gasteiger partial charge in [0.25, 0.3) is 0 Å². The van der Waals surface area contributed by atoms with Gasteiger partial charge >= 0.3 is 0 Å². The minimum absolute atomic E-state index is 0.113. The third kappa shape index (κ3) is 3.13. The van der Waals surface area contributed by atoms with E-state index in [2.05, 4.69) is 5.32 Å². The molecule has 5 heteroatoms. The molecule has 0 unspecified atom stereocenters. The molecular weight excluding hydrogens is 242 g/mol. The van der Waals surface area contributed by atoms with Crippen LogP contribution in [0.2, 0.25) is 0 Å². The average Bonchev–Trinajstić information content (AvgIpc) is 2.86. The Hall–Kier alpha value is -2.74. The molecule has 2 aromatic rings. The van der Waals surface area contributed by atoms with Crippen LogP contribution in [0.3, 0.4) is 0 Å². The Bertz CT molecular complexity index is 608. The summed E-state index contributed by atoms with van der Waals surface area (Å²) in [5.41, 5.74) is 1.15. The maximum Gasteiger partial charge on any atom is 0.244 e. The van der Waals surface area contributed by atoms with Gasteiger partial charge in [0.15, 0.2) is 0 Å². The summed E-state index contributed by atoms with van der Waals surface area (Å²) in [7, 11) is 1.59. The summed E-state index contributed by atoms with van der Waals surface area (Å²) in [6.45, 7) is 0.113. The number of nitriles is 1. The van der Waals surface area contributed by atoms with Crippen LogP contribution in [0, 0.1) is 11.3 Å². The summed E-state index contributed by atoms with van der Waals surface area (Å²) in [6.07, 6.45) is 1.70. The fourth-order valence-electron chi connectivity index (χ4n) is 1.68. The van der Waals surface area contributed by atoms with Crippen LogP contribution in [0.4, 0.5) is 5.69 Å². The average molecular weight is 255 g/mol. The van der Waals surface area contributed by atoms with Gasteiger partial charge in [-0.15, -0.1) is 0 Å². The van der Waals surface area contributed by atoms with Crippen LogP contribution in [0.1, 0.15) is 5.69 Å². The molecular formula is C14H13N3O2. The molecule has 96 valence electrons. The van der Waals surface area contributed by atoms with E-state index in [9.17, 15) is 4.79 Å². The number of benzene rings is 1. The number of amides is 1. The first-order valence-corrected chi connectivity index (χ1v) is 5.72. The van der Waals surface area contributed by atoms with Gasteiger partial charge < -0.3 is 14.6 Å². The number of nitrogens with zero attached hydrogens (tertiary/aromatic N) is 2. The summed E-state index contributed by atoms with van der Waals surface area (Å²) < 4.78 is 6.63. The van der Waals surface area contributed by atoms with Crippen molar-refractivity contribution < 1.29 is 9.53 Å². The Morgan fingerprint density at radius 2 is 2.11 bits per heavy atom. The number of hydrogen-bond donors (Lipinski definition) is 1. The number of hydrogen-bond acceptors (Lipinski definition) is 3. The van der Waals surface area contributed by atoms with E-state index in [0.717, 1.165) is 5.75 Å². The number of carbonyl (C=O) groups excluding carboxylic acids is 1. The zero-order chi connectivity index (χ0) is 13.7. The number of anilines is 1. The smallest absolute Gasteiger partial charge is 0.244 e. The first kappa shape index (κ1) is 12.7. The van der Waals surface area contributed by atoms with Crippen LogP contribution in [-0.4, -0.2) is 17.6 Å². The van der Waals surface area contributed by atoms with Crippen LogP contribution < -0.4 is 10.1 Å². The fourth-order valence-corrected chi connectivity index (χ4v) is 1.68. The van der Waals surface area contributed by atoms with Gasteiger partial charge in [-0.2, -0.15) is 5.26 Å². The zero-order valence-corrected chi connectivity index (χ0v) is 10.5. The van der Waals surface area contributed by atoms with Crippen LogP contribution in [0.5, 0.6) is 5.75 Å². The second kappa shape index (κ2) is 5.74. The monoisotopic (exact) mass is 255 g/mol. The lowest BCUT2D eigenvalue weighted by molar-refractivity contribution is -0.116. The lowest BCUT2D eigenvalue weighted by Gasteiger charge is -2.07.